The molecule has 0 amide bonds. The van der Waals surface area contributed by atoms with Gasteiger partial charge in [-0.2, -0.15) is 0 Å². The lowest BCUT2D eigenvalue weighted by Crippen LogP contribution is -2.34. The quantitative estimate of drug-likeness (QED) is 0.583. The van der Waals surface area contributed by atoms with Gasteiger partial charge in [-0.25, -0.2) is 4.68 Å². The van der Waals surface area contributed by atoms with Gasteiger partial charge in [0.05, 0.1) is 24.2 Å². The number of nitrogens with zero attached hydrogens (tertiary/aromatic N) is 5. The van der Waals surface area contributed by atoms with Crippen LogP contribution in [0.5, 0.6) is 11.5 Å². The summed E-state index contributed by atoms with van der Waals surface area (Å²) >= 11 is 0. The molecule has 10 nitrogen and oxygen atoms in total. The van der Waals surface area contributed by atoms with Gasteiger partial charge >= 0.3 is 0 Å². The Morgan fingerprint density at radius 1 is 1.06 bits per heavy atom. The third-order valence-corrected chi connectivity index (χ3v) is 6.89. The van der Waals surface area contributed by atoms with E-state index in [1.807, 2.05) is 22.9 Å². The van der Waals surface area contributed by atoms with E-state index in [0.717, 1.165) is 55.6 Å². The van der Waals surface area contributed by atoms with Crippen LogP contribution >= 0.6 is 0 Å². The predicted molar refractivity (Wildman–Crippen MR) is 119 cm³/mol. The Labute approximate surface area is 190 Å². The van der Waals surface area contributed by atoms with E-state index in [2.05, 4.69) is 25.4 Å². The van der Waals surface area contributed by atoms with E-state index in [1.54, 1.807) is 0 Å². The molecule has 1 saturated carbocycles. The molecule has 0 unspecified atom stereocenters. The normalized spacial score (nSPS) is 20.5. The summed E-state index contributed by atoms with van der Waals surface area (Å²) in [5.74, 6) is 2.21. The lowest BCUT2D eigenvalue weighted by molar-refractivity contribution is 0.0661. The van der Waals surface area contributed by atoms with Crippen molar-refractivity contribution >= 4 is 10.9 Å². The van der Waals surface area contributed by atoms with Crippen LogP contribution in [0.25, 0.3) is 10.9 Å². The zero-order valence-corrected chi connectivity index (χ0v) is 18.5. The number of benzene rings is 1. The highest BCUT2D eigenvalue weighted by molar-refractivity contribution is 5.83. The van der Waals surface area contributed by atoms with Gasteiger partial charge in [0.25, 0.3) is 5.56 Å². The van der Waals surface area contributed by atoms with Crippen molar-refractivity contribution in [1.29, 1.82) is 0 Å². The minimum absolute atomic E-state index is 0.103. The second kappa shape index (κ2) is 8.75. The molecule has 1 saturated heterocycles. The highest BCUT2D eigenvalue weighted by Gasteiger charge is 2.25. The summed E-state index contributed by atoms with van der Waals surface area (Å²) in [6.45, 7) is 2.78. The molecule has 0 spiro atoms. The number of aromatic nitrogens is 5. The first-order valence-electron chi connectivity index (χ1n) is 11.8. The van der Waals surface area contributed by atoms with Gasteiger partial charge in [-0.05, 0) is 48.2 Å². The van der Waals surface area contributed by atoms with Crippen molar-refractivity contribution in [3.63, 3.8) is 0 Å². The van der Waals surface area contributed by atoms with Crippen LogP contribution in [0.1, 0.15) is 56.0 Å². The molecule has 1 N–H and O–H groups in total. The smallest absolute Gasteiger partial charge is 0.252 e. The van der Waals surface area contributed by atoms with Crippen molar-refractivity contribution in [1.82, 2.24) is 30.1 Å². The van der Waals surface area contributed by atoms with Gasteiger partial charge in [0.1, 0.15) is 0 Å². The fourth-order valence-electron chi connectivity index (χ4n) is 5.21. The lowest BCUT2D eigenvalue weighted by Gasteiger charge is -2.25. The molecule has 0 bridgehead atoms. The molecular weight excluding hydrogens is 424 g/mol. The van der Waals surface area contributed by atoms with Crippen molar-refractivity contribution in [2.24, 2.45) is 0 Å². The summed E-state index contributed by atoms with van der Waals surface area (Å²) < 4.78 is 18.8. The number of fused-ring (bicyclic) bond motifs is 2. The Balaban J connectivity index is 1.28. The predicted octanol–water partition coefficient (Wildman–Crippen LogP) is 2.54. The summed E-state index contributed by atoms with van der Waals surface area (Å²) in [5, 5.41) is 13.5. The molecule has 1 aliphatic carbocycles. The van der Waals surface area contributed by atoms with Crippen LogP contribution in [0.2, 0.25) is 0 Å². The standard InChI is InChI=1S/C23H28N6O4/c30-23-16(8-15-9-20-21(33-14-32-20)10-19(15)24-23)11-28(12-18-6-3-7-31-18)13-22-25-26-27-29(22)17-4-1-2-5-17/h8-10,17-18H,1-7,11-14H2,(H,24,30)/t18-/m1/s1. The third-order valence-electron chi connectivity index (χ3n) is 6.89. The highest BCUT2D eigenvalue weighted by Crippen LogP contribution is 2.35. The second-order valence-electron chi connectivity index (χ2n) is 9.20. The fraction of sp³-hybridized carbons (Fsp3) is 0.565. The fourth-order valence-corrected chi connectivity index (χ4v) is 5.21. The first kappa shape index (κ1) is 20.6. The average molecular weight is 453 g/mol. The average Bonchev–Trinajstić information content (AvgIpc) is 3.59. The van der Waals surface area contributed by atoms with E-state index in [0.29, 0.717) is 36.2 Å². The number of nitrogens with one attached hydrogen (secondary N) is 1. The third kappa shape index (κ3) is 4.20. The zero-order valence-electron chi connectivity index (χ0n) is 18.5. The Hall–Kier alpha value is -2.98. The van der Waals surface area contributed by atoms with Crippen molar-refractivity contribution in [2.75, 3.05) is 19.9 Å². The van der Waals surface area contributed by atoms with Gasteiger partial charge in [-0.15, -0.1) is 5.10 Å². The van der Waals surface area contributed by atoms with Gasteiger partial charge in [0.15, 0.2) is 17.3 Å². The van der Waals surface area contributed by atoms with Crippen molar-refractivity contribution < 1.29 is 14.2 Å². The van der Waals surface area contributed by atoms with Crippen LogP contribution in [0, 0.1) is 0 Å². The molecule has 6 rings (SSSR count). The number of hydrogen-bond acceptors (Lipinski definition) is 8. The van der Waals surface area contributed by atoms with Crippen molar-refractivity contribution in [3.8, 4) is 11.5 Å². The van der Waals surface area contributed by atoms with Crippen LogP contribution in [0.4, 0.5) is 0 Å². The molecule has 1 atom stereocenters. The van der Waals surface area contributed by atoms with E-state index < -0.39 is 0 Å². The molecule has 0 radical (unpaired) electrons. The minimum atomic E-state index is -0.103. The number of ether oxygens (including phenoxy) is 3. The summed E-state index contributed by atoms with van der Waals surface area (Å²) in [7, 11) is 0. The Morgan fingerprint density at radius 2 is 1.91 bits per heavy atom. The zero-order chi connectivity index (χ0) is 22.2. The van der Waals surface area contributed by atoms with Crippen LogP contribution in [-0.2, 0) is 17.8 Å². The van der Waals surface area contributed by atoms with Crippen LogP contribution in [0.3, 0.4) is 0 Å². The van der Waals surface area contributed by atoms with Crippen LogP contribution < -0.4 is 15.0 Å². The minimum Gasteiger partial charge on any atom is -0.454 e. The number of tetrazole rings is 1. The summed E-state index contributed by atoms with van der Waals surface area (Å²) in [6.07, 6.45) is 6.93. The van der Waals surface area contributed by atoms with Crippen molar-refractivity contribution in [3.05, 3.63) is 39.9 Å². The van der Waals surface area contributed by atoms with Crippen LogP contribution in [-0.4, -0.2) is 56.1 Å². The second-order valence-corrected chi connectivity index (χ2v) is 9.20. The first-order chi connectivity index (χ1) is 16.2. The first-order valence-corrected chi connectivity index (χ1v) is 11.8. The topological polar surface area (TPSA) is 107 Å². The van der Waals surface area contributed by atoms with Gasteiger partial charge in [-0.1, -0.05) is 12.8 Å². The van der Waals surface area contributed by atoms with E-state index in [-0.39, 0.29) is 18.5 Å². The summed E-state index contributed by atoms with van der Waals surface area (Å²) in [6, 6.07) is 6.05. The number of hydrogen-bond donors (Lipinski definition) is 1. The summed E-state index contributed by atoms with van der Waals surface area (Å²) in [5.41, 5.74) is 1.33. The number of H-pyrrole nitrogens is 1. The molecular formula is C23H28N6O4. The Morgan fingerprint density at radius 3 is 2.73 bits per heavy atom. The lowest BCUT2D eigenvalue weighted by atomic mass is 10.1. The molecule has 10 heteroatoms. The van der Waals surface area contributed by atoms with E-state index in [1.165, 1.54) is 12.8 Å². The summed E-state index contributed by atoms with van der Waals surface area (Å²) in [4.78, 5) is 18.2. The maximum Gasteiger partial charge on any atom is 0.252 e. The maximum atomic E-state index is 13.0. The van der Waals surface area contributed by atoms with Gasteiger partial charge in [0.2, 0.25) is 6.79 Å². The molecule has 4 heterocycles. The molecule has 3 aromatic rings. The van der Waals surface area contributed by atoms with E-state index in [4.69, 9.17) is 14.2 Å². The Bertz CT molecular complexity index is 1200. The monoisotopic (exact) mass is 452 g/mol. The van der Waals surface area contributed by atoms with Crippen molar-refractivity contribution in [2.45, 2.75) is 63.8 Å². The number of rotatable bonds is 7. The highest BCUT2D eigenvalue weighted by atomic mass is 16.7. The molecule has 33 heavy (non-hydrogen) atoms. The van der Waals surface area contributed by atoms with E-state index >= 15 is 0 Å². The van der Waals surface area contributed by atoms with Crippen LogP contribution in [0.15, 0.2) is 23.0 Å². The van der Waals surface area contributed by atoms with Gasteiger partial charge < -0.3 is 19.2 Å². The van der Waals surface area contributed by atoms with Gasteiger partial charge in [-0.3, -0.25) is 9.69 Å². The number of pyridine rings is 1. The molecule has 2 aromatic heterocycles. The molecule has 3 aliphatic rings. The number of aromatic amines is 1. The largest absolute Gasteiger partial charge is 0.454 e. The SMILES string of the molecule is O=c1[nH]c2cc3c(cc2cc1CN(Cc1nnnn1C1CCCC1)C[C@H]1CCCO1)OCO3. The Kier molecular flexibility index (Phi) is 5.47. The molecule has 1 aromatic carbocycles. The van der Waals surface area contributed by atoms with Gasteiger partial charge in [0, 0.05) is 36.7 Å². The molecule has 174 valence electrons. The molecule has 2 fully saturated rings. The van der Waals surface area contributed by atoms with E-state index in [9.17, 15) is 4.79 Å². The molecule has 2 aliphatic heterocycles. The maximum absolute atomic E-state index is 13.0.